The molecule has 8 aromatic rings. The normalized spacial score (nSPS) is 22.9. The quantitative estimate of drug-likeness (QED) is 0.101. The Morgan fingerprint density at radius 2 is 1.00 bits per heavy atom. The SMILES string of the molecule is Cc1cc(C[C@H]2NC(=O)c3ccc4c(c3)C[C@]3(C4)C(=O)Nc4ncc(cc43)/C=C/COCCCCCN(C)C2=O)cc2cn[nH]c12.Cc1cc(C[C@H]2NC(=O)c3ccc4c(c3)C[C@]3(C4)C(=O)Nc4ncc(cc43)/C=C/COCCN(C)CCN(C)C2=O)cc2cn[nH]c12. The first kappa shape index (κ1) is 62.1. The molecule has 0 fully saturated rings. The fraction of sp³-hybridized carbons (Fsp3) is 0.361. The maximum absolute atomic E-state index is 13.9. The van der Waals surface area contributed by atoms with Crippen LogP contribution in [-0.2, 0) is 78.0 Å². The second-order valence-corrected chi connectivity index (χ2v) is 25.9. The van der Waals surface area contributed by atoms with Gasteiger partial charge in [0.05, 0.1) is 54.1 Å². The first-order valence-corrected chi connectivity index (χ1v) is 32.0. The summed E-state index contributed by atoms with van der Waals surface area (Å²) in [5, 5.41) is 28.4. The standard InChI is InChI=1S/C36H39N7O4.C36H38N6O4/c1-22-13-24(14-28-21-38-41-31(22)28)16-30-34(45)43(3)9-8-42(2)10-12-47-11-4-5-23-15-29-32(37-20-23)40-35(46)36(29)18-26-7-6-25(33(44)39-30)17-27(26)19-36;1-22-13-24(14-28-21-38-41-31(22)28)16-30-34(44)42(2)10-4-3-5-11-46-12-6-7-23-15-29-32(37-20-23)40-35(45)36(29)18-26-9-8-25(33(43)39-30)17-27(26)19-36/h4-7,13-15,17,20-21,30H,8-12,16,18-19H2,1-3H3,(H,38,41)(H,39,44)(H,37,40,46);6-9,13-15,17,20-21,30H,3-5,10-12,16,18-19H2,1-2H3,(H,38,41)(H,39,43)(H,37,40,45)/b5-4+;7-6+/t2*30-,36+/m11/s1. The van der Waals surface area contributed by atoms with E-state index in [1.54, 1.807) is 60.8 Å². The number of pyridine rings is 2. The van der Waals surface area contributed by atoms with Crippen molar-refractivity contribution in [3.8, 4) is 0 Å². The Morgan fingerprint density at radius 3 is 1.52 bits per heavy atom. The van der Waals surface area contributed by atoms with Gasteiger partial charge in [-0.15, -0.1) is 0 Å². The molecule has 4 aromatic carbocycles. The summed E-state index contributed by atoms with van der Waals surface area (Å²) in [6.45, 7) is 8.54. The maximum Gasteiger partial charge on any atom is 0.251 e. The van der Waals surface area contributed by atoms with Gasteiger partial charge in [0.15, 0.2) is 0 Å². The van der Waals surface area contributed by atoms with Crippen LogP contribution in [0.2, 0.25) is 0 Å². The maximum atomic E-state index is 13.9. The van der Waals surface area contributed by atoms with Crippen LogP contribution in [0.3, 0.4) is 0 Å². The summed E-state index contributed by atoms with van der Waals surface area (Å²) in [6, 6.07) is 21.8. The van der Waals surface area contributed by atoms with Gasteiger partial charge in [0.1, 0.15) is 23.7 Å². The monoisotopic (exact) mass is 1250 g/mol. The number of nitrogens with one attached hydrogen (secondary N) is 6. The minimum absolute atomic E-state index is 0.0743. The summed E-state index contributed by atoms with van der Waals surface area (Å²) >= 11 is 0. The zero-order valence-electron chi connectivity index (χ0n) is 53.1. The summed E-state index contributed by atoms with van der Waals surface area (Å²) in [4.78, 5) is 97.0. The zero-order valence-corrected chi connectivity index (χ0v) is 53.1. The number of hydrogen-bond acceptors (Lipinski definition) is 13. The molecular weight excluding hydrogens is 1170 g/mol. The molecule has 6 N–H and O–H groups in total. The number of aryl methyl sites for hydroxylation is 2. The average molecular weight is 1250 g/mol. The van der Waals surface area contributed by atoms with Crippen molar-refractivity contribution in [1.29, 1.82) is 0 Å². The molecule has 10 bridgehead atoms. The van der Waals surface area contributed by atoms with E-state index in [0.717, 1.165) is 108 Å². The van der Waals surface area contributed by atoms with Crippen molar-refractivity contribution in [3.05, 3.63) is 188 Å². The molecule has 6 amide bonds. The number of anilines is 2. The molecule has 6 aliphatic rings. The minimum Gasteiger partial charge on any atom is -0.377 e. The van der Waals surface area contributed by atoms with Crippen LogP contribution in [-0.4, -0.2) is 166 Å². The number of amides is 6. The van der Waals surface area contributed by atoms with E-state index in [4.69, 9.17) is 9.47 Å². The molecule has 0 saturated heterocycles. The van der Waals surface area contributed by atoms with E-state index in [0.29, 0.717) is 114 Å². The van der Waals surface area contributed by atoms with Crippen LogP contribution >= 0.6 is 0 Å². The summed E-state index contributed by atoms with van der Waals surface area (Å²) in [6.07, 6.45) is 20.2. The molecule has 4 aromatic heterocycles. The predicted molar refractivity (Wildman–Crippen MR) is 355 cm³/mol. The molecule has 14 rings (SSSR count). The number of aromatic nitrogens is 6. The molecule has 478 valence electrons. The highest BCUT2D eigenvalue weighted by molar-refractivity contribution is 6.08. The smallest absolute Gasteiger partial charge is 0.251 e. The Balaban J connectivity index is 0.000000169. The number of likely N-dealkylation sites (N-methyl/N-ethyl adjacent to an activating group) is 3. The van der Waals surface area contributed by atoms with Crippen LogP contribution in [0, 0.1) is 13.8 Å². The van der Waals surface area contributed by atoms with E-state index in [1.807, 2.05) is 106 Å². The molecule has 2 aliphatic carbocycles. The topological polar surface area (TPSA) is 262 Å². The second-order valence-electron chi connectivity index (χ2n) is 25.9. The fourth-order valence-electron chi connectivity index (χ4n) is 14.1. The fourth-order valence-corrected chi connectivity index (χ4v) is 14.1. The highest BCUT2D eigenvalue weighted by atomic mass is 16.5. The number of aromatic amines is 2. The van der Waals surface area contributed by atoms with E-state index in [2.05, 4.69) is 56.5 Å². The molecule has 93 heavy (non-hydrogen) atoms. The molecule has 2 spiro atoms. The Morgan fingerprint density at radius 1 is 0.516 bits per heavy atom. The van der Waals surface area contributed by atoms with Crippen LogP contribution < -0.4 is 21.3 Å². The molecule has 4 atom stereocenters. The van der Waals surface area contributed by atoms with Gasteiger partial charge in [-0.25, -0.2) is 9.97 Å². The van der Waals surface area contributed by atoms with Gasteiger partial charge in [0.25, 0.3) is 11.8 Å². The third-order valence-electron chi connectivity index (χ3n) is 19.3. The number of benzene rings is 4. The van der Waals surface area contributed by atoms with Gasteiger partial charge < -0.3 is 45.4 Å². The Kier molecular flexibility index (Phi) is 17.5. The lowest BCUT2D eigenvalue weighted by Gasteiger charge is -2.27. The van der Waals surface area contributed by atoms with Crippen molar-refractivity contribution in [3.63, 3.8) is 0 Å². The molecule has 8 heterocycles. The van der Waals surface area contributed by atoms with Crippen LogP contribution in [0.5, 0.6) is 0 Å². The molecule has 4 aliphatic heterocycles. The number of H-pyrrole nitrogens is 2. The second kappa shape index (κ2) is 26.1. The van der Waals surface area contributed by atoms with Gasteiger partial charge in [-0.3, -0.25) is 39.0 Å². The highest BCUT2D eigenvalue weighted by Crippen LogP contribution is 2.49. The summed E-state index contributed by atoms with van der Waals surface area (Å²) < 4.78 is 11.7. The molecule has 21 nitrogen and oxygen atoms in total. The van der Waals surface area contributed by atoms with Gasteiger partial charge >= 0.3 is 0 Å². The average Bonchev–Trinajstić information content (AvgIpc) is 1.58. The van der Waals surface area contributed by atoms with Crippen LogP contribution in [0.25, 0.3) is 34.0 Å². The van der Waals surface area contributed by atoms with Crippen molar-refractivity contribution >= 4 is 81.0 Å². The number of nitrogens with zero attached hydrogens (tertiary/aromatic N) is 7. The van der Waals surface area contributed by atoms with Crippen LogP contribution in [0.15, 0.2) is 110 Å². The van der Waals surface area contributed by atoms with Gasteiger partial charge in [-0.05, 0) is 170 Å². The van der Waals surface area contributed by atoms with E-state index in [1.165, 1.54) is 0 Å². The molecule has 0 unspecified atom stereocenters. The number of fused-ring (bicyclic) bond motifs is 6. The number of carbonyl (C=O) groups excluding carboxylic acids is 6. The molecule has 0 saturated carbocycles. The van der Waals surface area contributed by atoms with E-state index >= 15 is 0 Å². The summed E-state index contributed by atoms with van der Waals surface area (Å²) in [7, 11) is 5.57. The third kappa shape index (κ3) is 12.7. The molecule has 0 radical (unpaired) electrons. The Bertz CT molecular complexity index is 4340. The molecule has 21 heteroatoms. The van der Waals surface area contributed by atoms with Crippen molar-refractivity contribution in [2.45, 2.75) is 94.5 Å². The Hall–Kier alpha value is -9.70. The van der Waals surface area contributed by atoms with Crippen LogP contribution in [0.4, 0.5) is 11.6 Å². The predicted octanol–water partition coefficient (Wildman–Crippen LogP) is 7.30. The van der Waals surface area contributed by atoms with Gasteiger partial charge in [-0.1, -0.05) is 48.6 Å². The lowest BCUT2D eigenvalue weighted by atomic mass is 9.79. The van der Waals surface area contributed by atoms with Gasteiger partial charge in [-0.2, -0.15) is 10.2 Å². The van der Waals surface area contributed by atoms with E-state index in [9.17, 15) is 28.8 Å². The highest BCUT2D eigenvalue weighted by Gasteiger charge is 2.53. The minimum atomic E-state index is -0.786. The number of carbonyl (C=O) groups is 6. The van der Waals surface area contributed by atoms with Crippen molar-refractivity contribution in [1.82, 2.24) is 55.7 Å². The number of ether oxygens (including phenoxy) is 2. The summed E-state index contributed by atoms with van der Waals surface area (Å²) in [5.41, 5.74) is 12.7. The lowest BCUT2D eigenvalue weighted by molar-refractivity contribution is -0.132. The molecular formula is C72H77N13O8. The van der Waals surface area contributed by atoms with Crippen LogP contribution in [0.1, 0.15) is 107 Å². The first-order chi connectivity index (χ1) is 45.0. The largest absolute Gasteiger partial charge is 0.377 e. The van der Waals surface area contributed by atoms with E-state index < -0.39 is 22.9 Å². The Labute approximate surface area is 539 Å². The first-order valence-electron chi connectivity index (χ1n) is 32.0. The van der Waals surface area contributed by atoms with Crippen molar-refractivity contribution < 1.29 is 38.2 Å². The zero-order chi connectivity index (χ0) is 64.5. The number of rotatable bonds is 4. The van der Waals surface area contributed by atoms with E-state index in [-0.39, 0.29) is 35.4 Å². The van der Waals surface area contributed by atoms with Gasteiger partial charge in [0, 0.05) is 105 Å². The summed E-state index contributed by atoms with van der Waals surface area (Å²) in [5.74, 6) is 0.0736. The lowest BCUT2D eigenvalue weighted by Crippen LogP contribution is -2.50. The third-order valence-corrected chi connectivity index (χ3v) is 19.3. The van der Waals surface area contributed by atoms with Crippen molar-refractivity contribution in [2.75, 3.05) is 84.4 Å². The van der Waals surface area contributed by atoms with Gasteiger partial charge in [0.2, 0.25) is 23.6 Å². The number of hydrogen-bond donors (Lipinski definition) is 6. The van der Waals surface area contributed by atoms with Crippen molar-refractivity contribution in [2.24, 2.45) is 0 Å².